The molecule has 0 radical (unpaired) electrons. The van der Waals surface area contributed by atoms with Crippen LogP contribution in [0.3, 0.4) is 0 Å². The van der Waals surface area contributed by atoms with Crippen molar-refractivity contribution >= 4 is 143 Å². The third-order valence-electron chi connectivity index (χ3n) is 13.6. The lowest BCUT2D eigenvalue weighted by molar-refractivity contribution is -0.134. The zero-order chi connectivity index (χ0) is 53.9. The molecule has 4 aromatic carbocycles. The monoisotopic (exact) mass is 1310 g/mol. The zero-order valence-corrected chi connectivity index (χ0v) is 49.2. The minimum atomic E-state index is 0.0859. The van der Waals surface area contributed by atoms with Crippen LogP contribution in [0.25, 0.3) is 56.5 Å². The van der Waals surface area contributed by atoms with Crippen molar-refractivity contribution in [2.75, 3.05) is 43.9 Å². The molecule has 2 atom stereocenters. The van der Waals surface area contributed by atoms with Gasteiger partial charge in [0.05, 0.1) is 49.3 Å². The molecule has 2 amide bonds. The van der Waals surface area contributed by atoms with Gasteiger partial charge in [-0.2, -0.15) is 9.97 Å². The maximum absolute atomic E-state index is 12.6. The molecule has 16 nitrogen and oxygen atoms in total. The molecule has 2 aliphatic carbocycles. The first-order valence-electron chi connectivity index (χ1n) is 25.1. The number of benzene rings is 4. The fraction of sp³-hybridized carbons (Fsp3) is 0.321. The van der Waals surface area contributed by atoms with Gasteiger partial charge in [0, 0.05) is 85.8 Å². The summed E-state index contributed by atoms with van der Waals surface area (Å²) in [6.07, 6.45) is 11.3. The van der Waals surface area contributed by atoms with Crippen LogP contribution in [0.15, 0.2) is 97.3 Å². The second-order valence-corrected chi connectivity index (χ2v) is 27.2. The molecule has 6 heterocycles. The summed E-state index contributed by atoms with van der Waals surface area (Å²) in [5.41, 5.74) is 4.58. The van der Waals surface area contributed by atoms with Gasteiger partial charge >= 0.3 is 3.18 Å². The number of halogens is 7. The largest absolute Gasteiger partial charge is 0.508 e. The molecule has 2 saturated heterocycles. The number of carbonyl (C=O) groups is 2. The van der Waals surface area contributed by atoms with Crippen molar-refractivity contribution in [2.24, 2.45) is 11.8 Å². The predicted molar refractivity (Wildman–Crippen MR) is 317 cm³/mol. The fourth-order valence-corrected chi connectivity index (χ4v) is 10.2. The predicted octanol–water partition coefficient (Wildman–Crippen LogP) is 13.1. The topological polar surface area (TPSA) is 181 Å². The molecule has 8 aromatic rings. The molecule has 398 valence electrons. The number of aromatic nitrogens is 8. The summed E-state index contributed by atoms with van der Waals surface area (Å²) in [6.45, 7) is 2.97. The SMILES string of the molecule is BrB(Br)Br.COc1ccc2c(c1)nc(-c1ccc(Cl)c(Cl)c1)n2-c1ccnc(N[C@H]2CCCN(C(=O)C3CC3)C2)n1.O=C(C1CC1)N1CCC[C@H](Nc2nccc(-n3c(-c4ccc(Cl)c(Cl)c4)nc4cc(O)ccc43)n2)C1. The Morgan fingerprint density at radius 1 is 0.597 bits per heavy atom. The number of likely N-dealkylation sites (tertiary alicyclic amines) is 2. The number of nitrogens with one attached hydrogen (secondary N) is 2. The number of hydrogen-bond donors (Lipinski definition) is 3. The van der Waals surface area contributed by atoms with Crippen molar-refractivity contribution in [3.63, 3.8) is 0 Å². The van der Waals surface area contributed by atoms with Crippen molar-refractivity contribution in [3.05, 3.63) is 117 Å². The van der Waals surface area contributed by atoms with Gasteiger partial charge in [-0.15, -0.1) is 47.3 Å². The number of phenols is 1. The lowest BCUT2D eigenvalue weighted by Gasteiger charge is -2.33. The fourth-order valence-electron chi connectivity index (χ4n) is 9.60. The molecular formula is C53H50BBr3Cl4N12O4. The number of aromatic hydroxyl groups is 1. The summed E-state index contributed by atoms with van der Waals surface area (Å²) in [5.74, 6) is 5.40. The van der Waals surface area contributed by atoms with E-state index in [9.17, 15) is 14.7 Å². The van der Waals surface area contributed by atoms with Gasteiger partial charge in [-0.3, -0.25) is 18.7 Å². The molecule has 0 bridgehead atoms. The van der Waals surface area contributed by atoms with E-state index in [0.29, 0.717) is 79.6 Å². The third kappa shape index (κ3) is 13.3. The molecule has 0 unspecified atom stereocenters. The van der Waals surface area contributed by atoms with E-state index in [1.54, 1.807) is 62.0 Å². The highest BCUT2D eigenvalue weighted by atomic mass is 79.9. The number of hydrogen-bond acceptors (Lipinski definition) is 12. The second kappa shape index (κ2) is 24.4. The van der Waals surface area contributed by atoms with Gasteiger partial charge in [-0.1, -0.05) is 46.4 Å². The summed E-state index contributed by atoms with van der Waals surface area (Å²) in [4.78, 5) is 57.3. The number of piperidine rings is 2. The highest BCUT2D eigenvalue weighted by Gasteiger charge is 2.37. The molecule has 2 saturated carbocycles. The summed E-state index contributed by atoms with van der Waals surface area (Å²) in [5, 5.41) is 18.7. The van der Waals surface area contributed by atoms with Crippen LogP contribution in [0.5, 0.6) is 11.5 Å². The van der Waals surface area contributed by atoms with Crippen LogP contribution >= 0.6 is 93.7 Å². The third-order valence-corrected chi connectivity index (χ3v) is 15.1. The average Bonchev–Trinajstić information content (AvgIpc) is 4.45. The van der Waals surface area contributed by atoms with Crippen LogP contribution in [0, 0.1) is 11.8 Å². The molecule has 12 rings (SSSR count). The minimum absolute atomic E-state index is 0.0859. The van der Waals surface area contributed by atoms with E-state index >= 15 is 0 Å². The number of nitrogens with zero attached hydrogens (tertiary/aromatic N) is 10. The lowest BCUT2D eigenvalue weighted by Crippen LogP contribution is -2.45. The molecule has 4 fully saturated rings. The molecule has 4 aromatic heterocycles. The van der Waals surface area contributed by atoms with Gasteiger partial charge in [-0.25, -0.2) is 19.9 Å². The summed E-state index contributed by atoms with van der Waals surface area (Å²) >= 11 is 34.3. The van der Waals surface area contributed by atoms with Gasteiger partial charge in [0.25, 0.3) is 0 Å². The van der Waals surface area contributed by atoms with Crippen LogP contribution in [-0.2, 0) is 9.59 Å². The van der Waals surface area contributed by atoms with Crippen molar-refractivity contribution < 1.29 is 19.4 Å². The maximum atomic E-state index is 12.6. The van der Waals surface area contributed by atoms with Crippen LogP contribution in [-0.4, -0.2) is 114 Å². The van der Waals surface area contributed by atoms with Gasteiger partial charge in [0.15, 0.2) is 0 Å². The van der Waals surface area contributed by atoms with E-state index in [0.717, 1.165) is 92.1 Å². The van der Waals surface area contributed by atoms with Crippen LogP contribution < -0.4 is 15.4 Å². The Morgan fingerprint density at radius 3 is 1.49 bits per heavy atom. The van der Waals surface area contributed by atoms with E-state index < -0.39 is 0 Å². The first kappa shape index (κ1) is 55.1. The Balaban J connectivity index is 0.000000163. The number of carbonyl (C=O) groups excluding carboxylic acids is 2. The van der Waals surface area contributed by atoms with E-state index in [4.69, 9.17) is 71.1 Å². The zero-order valence-electron chi connectivity index (χ0n) is 41.4. The molecule has 77 heavy (non-hydrogen) atoms. The Hall–Kier alpha value is -5.22. The second-order valence-electron chi connectivity index (χ2n) is 19.1. The Bertz CT molecular complexity index is 3470. The molecule has 0 spiro atoms. The van der Waals surface area contributed by atoms with Gasteiger partial charge in [0.1, 0.15) is 34.8 Å². The first-order valence-corrected chi connectivity index (χ1v) is 29.3. The number of rotatable bonds is 11. The number of phenolic OH excluding ortho intramolecular Hbond substituents is 1. The highest BCUT2D eigenvalue weighted by molar-refractivity contribution is 9.69. The summed E-state index contributed by atoms with van der Waals surface area (Å²) in [7, 11) is 1.63. The van der Waals surface area contributed by atoms with Gasteiger partial charge in [-0.05, 0) is 124 Å². The standard InChI is InChI=1S/C27H26Cl2N6O2.C26H24Cl2N6O2.BBr3/c1-37-19-7-9-23-22(14-19)32-25(17-6-8-20(28)21(29)13-17)35(23)24-10-11-30-27(33-24)31-18-3-2-12-34(15-18)26(36)16-4-5-16;27-19-7-5-16(12-20(19)28)24-31-21-13-18(35)6-8-22(21)34(24)23-9-10-29-26(32-23)30-17-2-1-11-33(14-17)25(36)15-3-4-15;2-1(3)4/h6-11,13-14,16,18H,2-5,12,15H2,1H3,(H,30,31,33);5-10,12-13,15,17,35H,1-4,11,14H2,(H,29,30,32);/t18-;17-;/m00./s1. The van der Waals surface area contributed by atoms with Crippen molar-refractivity contribution in [1.82, 2.24) is 48.8 Å². The minimum Gasteiger partial charge on any atom is -0.508 e. The number of imidazole rings is 2. The lowest BCUT2D eigenvalue weighted by atomic mass is 10.1. The van der Waals surface area contributed by atoms with Crippen molar-refractivity contribution in [1.29, 1.82) is 0 Å². The summed E-state index contributed by atoms with van der Waals surface area (Å²) in [6, 6.07) is 25.4. The average molecular weight is 1310 g/mol. The van der Waals surface area contributed by atoms with E-state index in [1.165, 1.54) is 0 Å². The number of methoxy groups -OCH3 is 1. The van der Waals surface area contributed by atoms with Gasteiger partial charge in [0.2, 0.25) is 23.7 Å². The maximum Gasteiger partial charge on any atom is 0.369 e. The van der Waals surface area contributed by atoms with E-state index in [-0.39, 0.29) is 44.7 Å². The van der Waals surface area contributed by atoms with Crippen LogP contribution in [0.2, 0.25) is 20.1 Å². The Labute approximate surface area is 489 Å². The molecule has 2 aliphatic heterocycles. The Kier molecular flexibility index (Phi) is 17.5. The smallest absolute Gasteiger partial charge is 0.369 e. The highest BCUT2D eigenvalue weighted by Crippen LogP contribution is 2.37. The summed E-state index contributed by atoms with van der Waals surface area (Å²) < 4.78 is 9.57. The van der Waals surface area contributed by atoms with E-state index in [1.807, 2.05) is 61.4 Å². The molecule has 4 aliphatic rings. The molecule has 3 N–H and O–H groups in total. The molecular weight excluding hydrogens is 1260 g/mol. The Morgan fingerprint density at radius 2 is 1.05 bits per heavy atom. The van der Waals surface area contributed by atoms with Crippen molar-refractivity contribution in [2.45, 2.75) is 63.5 Å². The molecule has 24 heteroatoms. The number of ether oxygens (including phenoxy) is 1. The van der Waals surface area contributed by atoms with Crippen molar-refractivity contribution in [3.8, 4) is 45.9 Å². The van der Waals surface area contributed by atoms with E-state index in [2.05, 4.69) is 67.9 Å². The first-order chi connectivity index (χ1) is 37.2. The number of anilines is 2. The number of fused-ring (bicyclic) bond motifs is 2. The van der Waals surface area contributed by atoms with Crippen LogP contribution in [0.1, 0.15) is 51.4 Å². The quantitative estimate of drug-likeness (QED) is 0.104. The van der Waals surface area contributed by atoms with Crippen LogP contribution in [0.4, 0.5) is 11.9 Å². The number of amides is 2. The normalized spacial score (nSPS) is 17.2. The van der Waals surface area contributed by atoms with Gasteiger partial charge < -0.3 is 30.3 Å².